The summed E-state index contributed by atoms with van der Waals surface area (Å²) >= 11 is 0. The van der Waals surface area contributed by atoms with Crippen LogP contribution in [0.3, 0.4) is 0 Å². The maximum atomic E-state index is 6.01. The monoisotopic (exact) mass is 286 g/mol. The van der Waals surface area contributed by atoms with Gasteiger partial charge >= 0.3 is 0 Å². The molecule has 0 aliphatic carbocycles. The normalized spacial score (nSPS) is 19.6. The summed E-state index contributed by atoms with van der Waals surface area (Å²) in [5.41, 5.74) is 7.17. The Hall–Kier alpha value is -0.970. The Labute approximate surface area is 121 Å². The topological polar surface area (TPSA) is 47.7 Å². The molecule has 1 aromatic carbocycles. The number of halogens is 1. The van der Waals surface area contributed by atoms with Gasteiger partial charge in [0.05, 0.1) is 14.2 Å². The third-order valence-electron chi connectivity index (χ3n) is 3.42. The van der Waals surface area contributed by atoms with E-state index in [4.69, 9.17) is 15.2 Å². The number of hydrogen-bond acceptors (Lipinski definition) is 4. The van der Waals surface area contributed by atoms with E-state index in [1.54, 1.807) is 14.2 Å². The number of ether oxygens (including phenoxy) is 2. The average molecular weight is 287 g/mol. The summed E-state index contributed by atoms with van der Waals surface area (Å²) in [4.78, 5) is 2.38. The quantitative estimate of drug-likeness (QED) is 0.920. The molecule has 1 saturated heterocycles. The minimum absolute atomic E-state index is 0. The van der Waals surface area contributed by atoms with E-state index in [-0.39, 0.29) is 12.4 Å². The lowest BCUT2D eigenvalue weighted by Gasteiger charge is -2.31. The van der Waals surface area contributed by atoms with E-state index < -0.39 is 0 Å². The van der Waals surface area contributed by atoms with Crippen LogP contribution in [0.5, 0.6) is 11.5 Å². The van der Waals surface area contributed by atoms with Crippen LogP contribution >= 0.6 is 12.4 Å². The van der Waals surface area contributed by atoms with Gasteiger partial charge in [-0.25, -0.2) is 0 Å². The predicted molar refractivity (Wildman–Crippen MR) is 79.3 cm³/mol. The molecule has 19 heavy (non-hydrogen) atoms. The van der Waals surface area contributed by atoms with E-state index in [2.05, 4.69) is 11.0 Å². The van der Waals surface area contributed by atoms with Gasteiger partial charge in [0.25, 0.3) is 0 Å². The number of likely N-dealkylation sites (tertiary alicyclic amines) is 1. The van der Waals surface area contributed by atoms with Crippen LogP contribution in [0.2, 0.25) is 0 Å². The summed E-state index contributed by atoms with van der Waals surface area (Å²) in [7, 11) is 3.35. The van der Waals surface area contributed by atoms with Gasteiger partial charge in [-0.05, 0) is 25.5 Å². The fourth-order valence-electron chi connectivity index (χ4n) is 2.55. The number of hydrogen-bond donors (Lipinski definition) is 1. The smallest absolute Gasteiger partial charge is 0.165 e. The first-order valence-corrected chi connectivity index (χ1v) is 6.42. The van der Waals surface area contributed by atoms with Gasteiger partial charge < -0.3 is 15.2 Å². The molecule has 1 aromatic rings. The van der Waals surface area contributed by atoms with E-state index in [1.807, 2.05) is 12.1 Å². The maximum absolute atomic E-state index is 6.01. The first-order chi connectivity index (χ1) is 8.74. The summed E-state index contributed by atoms with van der Waals surface area (Å²) in [6.45, 7) is 2.93. The van der Waals surface area contributed by atoms with Crippen molar-refractivity contribution < 1.29 is 9.47 Å². The molecule has 0 radical (unpaired) electrons. The lowest BCUT2D eigenvalue weighted by Crippen LogP contribution is -2.42. The molecule has 1 fully saturated rings. The Morgan fingerprint density at radius 2 is 2.11 bits per heavy atom. The van der Waals surface area contributed by atoms with Gasteiger partial charge in [-0.1, -0.05) is 12.1 Å². The van der Waals surface area contributed by atoms with Crippen LogP contribution in [0.25, 0.3) is 0 Å². The average Bonchev–Trinajstić information content (AvgIpc) is 2.38. The zero-order valence-electron chi connectivity index (χ0n) is 11.6. The van der Waals surface area contributed by atoms with Gasteiger partial charge in [-0.15, -0.1) is 12.4 Å². The molecule has 108 valence electrons. The Morgan fingerprint density at radius 1 is 1.32 bits per heavy atom. The highest BCUT2D eigenvalue weighted by Crippen LogP contribution is 2.31. The first kappa shape index (κ1) is 16.1. The first-order valence-electron chi connectivity index (χ1n) is 6.42. The fourth-order valence-corrected chi connectivity index (χ4v) is 2.55. The third kappa shape index (κ3) is 4.00. The van der Waals surface area contributed by atoms with E-state index in [0.717, 1.165) is 43.1 Å². The molecule has 0 bridgehead atoms. The minimum atomic E-state index is 0. The summed E-state index contributed by atoms with van der Waals surface area (Å²) < 4.78 is 10.8. The molecular formula is C14H23ClN2O2. The number of benzene rings is 1. The molecule has 4 nitrogen and oxygen atoms in total. The Kier molecular flexibility index (Phi) is 6.42. The maximum Gasteiger partial charge on any atom is 0.165 e. The van der Waals surface area contributed by atoms with Gasteiger partial charge in [0.1, 0.15) is 0 Å². The number of piperidine rings is 1. The van der Waals surface area contributed by atoms with Gasteiger partial charge in [0.15, 0.2) is 11.5 Å². The van der Waals surface area contributed by atoms with Crippen molar-refractivity contribution in [3.05, 3.63) is 23.8 Å². The highest BCUT2D eigenvalue weighted by atomic mass is 35.5. The molecule has 1 heterocycles. The zero-order valence-corrected chi connectivity index (χ0v) is 12.4. The minimum Gasteiger partial charge on any atom is -0.493 e. The van der Waals surface area contributed by atoms with Crippen LogP contribution in [0, 0.1) is 0 Å². The van der Waals surface area contributed by atoms with Crippen molar-refractivity contribution in [1.82, 2.24) is 4.90 Å². The number of nitrogens with zero attached hydrogens (tertiary/aromatic N) is 1. The molecule has 5 heteroatoms. The van der Waals surface area contributed by atoms with Crippen LogP contribution in [-0.4, -0.2) is 38.3 Å². The summed E-state index contributed by atoms with van der Waals surface area (Å²) in [6, 6.07) is 6.31. The summed E-state index contributed by atoms with van der Waals surface area (Å²) in [6.07, 6.45) is 2.30. The summed E-state index contributed by atoms with van der Waals surface area (Å²) in [5.74, 6) is 1.62. The van der Waals surface area contributed by atoms with Crippen molar-refractivity contribution >= 4 is 12.4 Å². The molecule has 1 unspecified atom stereocenters. The van der Waals surface area contributed by atoms with Gasteiger partial charge in [0, 0.05) is 24.7 Å². The number of rotatable bonds is 4. The second kappa shape index (κ2) is 7.58. The highest BCUT2D eigenvalue weighted by molar-refractivity contribution is 5.85. The van der Waals surface area contributed by atoms with E-state index in [9.17, 15) is 0 Å². The van der Waals surface area contributed by atoms with Crippen LogP contribution < -0.4 is 15.2 Å². The van der Waals surface area contributed by atoms with Gasteiger partial charge in [-0.3, -0.25) is 4.90 Å². The predicted octanol–water partition coefficient (Wildman–Crippen LogP) is 2.05. The largest absolute Gasteiger partial charge is 0.493 e. The Morgan fingerprint density at radius 3 is 2.74 bits per heavy atom. The molecule has 0 saturated carbocycles. The van der Waals surface area contributed by atoms with E-state index >= 15 is 0 Å². The fraction of sp³-hybridized carbons (Fsp3) is 0.571. The van der Waals surface area contributed by atoms with Crippen LogP contribution in [0.4, 0.5) is 0 Å². The molecule has 1 aliphatic rings. The second-order valence-electron chi connectivity index (χ2n) is 4.79. The van der Waals surface area contributed by atoms with Crippen molar-refractivity contribution in [2.75, 3.05) is 27.3 Å². The highest BCUT2D eigenvalue weighted by Gasteiger charge is 2.19. The van der Waals surface area contributed by atoms with Gasteiger partial charge in [-0.2, -0.15) is 0 Å². The van der Waals surface area contributed by atoms with E-state index in [0.29, 0.717) is 6.04 Å². The molecule has 2 rings (SSSR count). The van der Waals surface area contributed by atoms with Crippen molar-refractivity contribution in [3.63, 3.8) is 0 Å². The molecule has 2 N–H and O–H groups in total. The standard InChI is InChI=1S/C14H22N2O2.ClH/c1-17-13-7-3-5-11(14(13)18-2)9-16-8-4-6-12(15)10-16;/h3,5,7,12H,4,6,8-10,15H2,1-2H3;1H. The van der Waals surface area contributed by atoms with Crippen LogP contribution in [0.15, 0.2) is 18.2 Å². The Bertz CT molecular complexity index is 401. The van der Waals surface area contributed by atoms with Crippen LogP contribution in [-0.2, 0) is 6.54 Å². The molecule has 0 amide bonds. The van der Waals surface area contributed by atoms with Crippen LogP contribution in [0.1, 0.15) is 18.4 Å². The third-order valence-corrected chi connectivity index (χ3v) is 3.42. The molecule has 0 spiro atoms. The van der Waals surface area contributed by atoms with Crippen molar-refractivity contribution in [1.29, 1.82) is 0 Å². The van der Waals surface area contributed by atoms with Crippen molar-refractivity contribution in [2.45, 2.75) is 25.4 Å². The molecular weight excluding hydrogens is 264 g/mol. The Balaban J connectivity index is 0.00000180. The molecule has 1 atom stereocenters. The number of nitrogens with two attached hydrogens (primary N) is 1. The number of para-hydroxylation sites is 1. The number of methoxy groups -OCH3 is 2. The van der Waals surface area contributed by atoms with Gasteiger partial charge in [0.2, 0.25) is 0 Å². The molecule has 0 aromatic heterocycles. The van der Waals surface area contributed by atoms with Crippen molar-refractivity contribution in [2.24, 2.45) is 5.73 Å². The van der Waals surface area contributed by atoms with Crippen molar-refractivity contribution in [3.8, 4) is 11.5 Å². The SMILES string of the molecule is COc1cccc(CN2CCCC(N)C2)c1OC.Cl. The second-order valence-corrected chi connectivity index (χ2v) is 4.79. The lowest BCUT2D eigenvalue weighted by atomic mass is 10.1. The summed E-state index contributed by atoms with van der Waals surface area (Å²) in [5, 5.41) is 0. The lowest BCUT2D eigenvalue weighted by molar-refractivity contribution is 0.198. The molecule has 1 aliphatic heterocycles. The van der Waals surface area contributed by atoms with E-state index in [1.165, 1.54) is 6.42 Å². The zero-order chi connectivity index (χ0) is 13.0.